The summed E-state index contributed by atoms with van der Waals surface area (Å²) in [6, 6.07) is 16.7. The number of carbonyl (C=O) groups is 3. The summed E-state index contributed by atoms with van der Waals surface area (Å²) in [5.74, 6) is -0.156. The van der Waals surface area contributed by atoms with E-state index in [1.54, 1.807) is 19.1 Å². The Kier molecular flexibility index (Phi) is 13.2. The second-order valence-corrected chi connectivity index (χ2v) is 10.9. The number of nitrogens with one attached hydrogen (secondary N) is 3. The van der Waals surface area contributed by atoms with Crippen molar-refractivity contribution in [1.29, 1.82) is 0 Å². The quantitative estimate of drug-likeness (QED) is 0.126. The number of amides is 3. The average molecular weight is 606 g/mol. The number of rotatable bonds is 15. The maximum atomic E-state index is 12.6. The number of hydrogen-bond donors (Lipinski definition) is 5. The van der Waals surface area contributed by atoms with Crippen molar-refractivity contribution in [2.24, 2.45) is 11.5 Å². The lowest BCUT2D eigenvalue weighted by Crippen LogP contribution is -2.28. The van der Waals surface area contributed by atoms with Crippen molar-refractivity contribution in [2.45, 2.75) is 58.4 Å². The molecule has 3 rings (SSSR count). The standard InChI is InChI=1S/C31H39N7O4S/c1-3-42-31(41)34-21(2)24-13-9-12-23(18-24)20-28(40)36-30-38-37-29(43-30)15-8-7-14-25(32)16-17-26(33)35-27(39)19-22-10-5-4-6-11-22/h4-6,9-13,16-18,21H,3,7-8,14-15,19-20,32-33H2,1-2H3,(H,34,41)(H,35,39)(H,36,38,40)/b25-16-,26-17+. The molecule has 2 aromatic carbocycles. The summed E-state index contributed by atoms with van der Waals surface area (Å²) < 4.78 is 4.93. The number of aromatic nitrogens is 2. The molecule has 0 saturated heterocycles. The van der Waals surface area contributed by atoms with Gasteiger partial charge in [-0.05, 0) is 62.0 Å². The Balaban J connectivity index is 1.37. The molecule has 0 bridgehead atoms. The van der Waals surface area contributed by atoms with Crippen LogP contribution in [-0.2, 0) is 33.6 Å². The second-order valence-electron chi connectivity index (χ2n) is 9.84. The van der Waals surface area contributed by atoms with Gasteiger partial charge >= 0.3 is 6.09 Å². The highest BCUT2D eigenvalue weighted by atomic mass is 32.1. The summed E-state index contributed by atoms with van der Waals surface area (Å²) in [6.07, 6.45) is 6.27. The molecule has 3 amide bonds. The van der Waals surface area contributed by atoms with E-state index in [-0.39, 0.29) is 36.5 Å². The zero-order chi connectivity index (χ0) is 31.0. The predicted molar refractivity (Wildman–Crippen MR) is 168 cm³/mol. The Hall–Kier alpha value is -4.71. The first-order chi connectivity index (χ1) is 20.7. The van der Waals surface area contributed by atoms with E-state index in [4.69, 9.17) is 16.2 Å². The van der Waals surface area contributed by atoms with E-state index in [0.29, 0.717) is 30.3 Å². The average Bonchev–Trinajstić information content (AvgIpc) is 3.41. The van der Waals surface area contributed by atoms with Gasteiger partial charge in [0.2, 0.25) is 16.9 Å². The van der Waals surface area contributed by atoms with Crippen LogP contribution in [0, 0.1) is 0 Å². The van der Waals surface area contributed by atoms with Gasteiger partial charge in [0.15, 0.2) is 0 Å². The van der Waals surface area contributed by atoms with E-state index in [2.05, 4.69) is 26.1 Å². The zero-order valence-corrected chi connectivity index (χ0v) is 25.3. The van der Waals surface area contributed by atoms with Crippen LogP contribution in [-0.4, -0.2) is 34.7 Å². The van der Waals surface area contributed by atoms with Crippen LogP contribution in [0.1, 0.15) is 60.8 Å². The number of ether oxygens (including phenoxy) is 1. The maximum Gasteiger partial charge on any atom is 0.407 e. The van der Waals surface area contributed by atoms with Gasteiger partial charge in [0.05, 0.1) is 25.5 Å². The summed E-state index contributed by atoms with van der Waals surface area (Å²) in [7, 11) is 0. The van der Waals surface area contributed by atoms with Crippen LogP contribution in [0.3, 0.4) is 0 Å². The normalized spacial score (nSPS) is 12.3. The van der Waals surface area contributed by atoms with Crippen molar-refractivity contribution >= 4 is 34.4 Å². The van der Waals surface area contributed by atoms with Crippen molar-refractivity contribution in [2.75, 3.05) is 11.9 Å². The topological polar surface area (TPSA) is 174 Å². The molecule has 7 N–H and O–H groups in total. The summed E-state index contributed by atoms with van der Waals surface area (Å²) in [5.41, 5.74) is 15.2. The highest BCUT2D eigenvalue weighted by Crippen LogP contribution is 2.19. The van der Waals surface area contributed by atoms with E-state index in [0.717, 1.165) is 34.5 Å². The van der Waals surface area contributed by atoms with Crippen molar-refractivity contribution < 1.29 is 19.1 Å². The molecular weight excluding hydrogens is 566 g/mol. The van der Waals surface area contributed by atoms with Gasteiger partial charge in [-0.25, -0.2) is 4.79 Å². The molecule has 1 unspecified atom stereocenters. The molecular formula is C31H39N7O4S. The van der Waals surface area contributed by atoms with Crippen LogP contribution in [0.15, 0.2) is 78.3 Å². The molecule has 0 aliphatic heterocycles. The predicted octanol–water partition coefficient (Wildman–Crippen LogP) is 4.24. The SMILES string of the molecule is CCOC(=O)NC(C)c1cccc(CC(=O)Nc2nnc(CCCC/C(N)=C/C=C(\N)NC(=O)Cc3ccccc3)s2)c1. The first-order valence-corrected chi connectivity index (χ1v) is 14.9. The molecule has 0 radical (unpaired) electrons. The molecule has 1 atom stereocenters. The third-order valence-electron chi connectivity index (χ3n) is 6.21. The summed E-state index contributed by atoms with van der Waals surface area (Å²) in [6.45, 7) is 3.90. The van der Waals surface area contributed by atoms with Crippen molar-refractivity contribution in [3.63, 3.8) is 0 Å². The fraction of sp³-hybridized carbons (Fsp3) is 0.323. The second kappa shape index (κ2) is 17.3. The number of anilines is 1. The lowest BCUT2D eigenvalue weighted by Gasteiger charge is -2.15. The van der Waals surface area contributed by atoms with Crippen LogP contribution < -0.4 is 27.4 Å². The molecule has 0 fully saturated rings. The van der Waals surface area contributed by atoms with Gasteiger partial charge in [0, 0.05) is 12.1 Å². The molecule has 1 aromatic heterocycles. The van der Waals surface area contributed by atoms with Crippen molar-refractivity contribution in [3.05, 3.63) is 100.0 Å². The van der Waals surface area contributed by atoms with Crippen LogP contribution in [0.25, 0.3) is 0 Å². The molecule has 11 nitrogen and oxygen atoms in total. The number of allylic oxidation sites excluding steroid dienone is 3. The first-order valence-electron chi connectivity index (χ1n) is 14.1. The number of carbonyl (C=O) groups excluding carboxylic acids is 3. The first kappa shape index (κ1) is 32.8. The van der Waals surface area contributed by atoms with Gasteiger partial charge in [-0.1, -0.05) is 65.9 Å². The van der Waals surface area contributed by atoms with E-state index in [9.17, 15) is 14.4 Å². The minimum atomic E-state index is -0.482. The van der Waals surface area contributed by atoms with Gasteiger partial charge < -0.3 is 32.2 Å². The van der Waals surface area contributed by atoms with Gasteiger partial charge in [-0.3, -0.25) is 9.59 Å². The number of hydrogen-bond acceptors (Lipinski definition) is 9. The van der Waals surface area contributed by atoms with Crippen LogP contribution >= 0.6 is 11.3 Å². The molecule has 12 heteroatoms. The molecule has 43 heavy (non-hydrogen) atoms. The number of benzene rings is 2. The number of alkyl carbamates (subject to hydrolysis) is 1. The number of aryl methyl sites for hydroxylation is 1. The highest BCUT2D eigenvalue weighted by molar-refractivity contribution is 7.15. The van der Waals surface area contributed by atoms with Crippen molar-refractivity contribution in [1.82, 2.24) is 20.8 Å². The Bertz CT molecular complexity index is 1420. The molecule has 0 aliphatic rings. The van der Waals surface area contributed by atoms with Crippen molar-refractivity contribution in [3.8, 4) is 0 Å². The Morgan fingerprint density at radius 1 is 0.953 bits per heavy atom. The monoisotopic (exact) mass is 605 g/mol. The van der Waals surface area contributed by atoms with Gasteiger partial charge in [0.25, 0.3) is 0 Å². The lowest BCUT2D eigenvalue weighted by molar-refractivity contribution is -0.119. The fourth-order valence-corrected chi connectivity index (χ4v) is 4.87. The minimum absolute atomic E-state index is 0.163. The van der Waals surface area contributed by atoms with Crippen LogP contribution in [0.4, 0.5) is 9.93 Å². The van der Waals surface area contributed by atoms with E-state index < -0.39 is 6.09 Å². The Morgan fingerprint density at radius 3 is 2.47 bits per heavy atom. The molecule has 0 aliphatic carbocycles. The smallest absolute Gasteiger partial charge is 0.407 e. The Morgan fingerprint density at radius 2 is 1.70 bits per heavy atom. The molecule has 3 aromatic rings. The molecule has 0 spiro atoms. The van der Waals surface area contributed by atoms with E-state index in [1.165, 1.54) is 11.3 Å². The van der Waals surface area contributed by atoms with Crippen LogP contribution in [0.2, 0.25) is 0 Å². The number of nitrogens with two attached hydrogens (primary N) is 2. The maximum absolute atomic E-state index is 12.6. The minimum Gasteiger partial charge on any atom is -0.450 e. The summed E-state index contributed by atoms with van der Waals surface area (Å²) in [5, 5.41) is 17.8. The van der Waals surface area contributed by atoms with Gasteiger partial charge in [-0.15, -0.1) is 10.2 Å². The van der Waals surface area contributed by atoms with Crippen LogP contribution in [0.5, 0.6) is 0 Å². The highest BCUT2D eigenvalue weighted by Gasteiger charge is 2.13. The Labute approximate surface area is 255 Å². The lowest BCUT2D eigenvalue weighted by atomic mass is 10.0. The molecule has 0 saturated carbocycles. The molecule has 228 valence electrons. The summed E-state index contributed by atoms with van der Waals surface area (Å²) >= 11 is 1.34. The molecule has 1 heterocycles. The van der Waals surface area contributed by atoms with E-state index in [1.807, 2.05) is 61.5 Å². The van der Waals surface area contributed by atoms with Gasteiger partial charge in [-0.2, -0.15) is 0 Å². The third kappa shape index (κ3) is 12.4. The number of nitrogens with zero attached hydrogens (tertiary/aromatic N) is 2. The summed E-state index contributed by atoms with van der Waals surface area (Å²) in [4.78, 5) is 36.4. The largest absolute Gasteiger partial charge is 0.450 e. The fourth-order valence-electron chi connectivity index (χ4n) is 4.07. The van der Waals surface area contributed by atoms with Gasteiger partial charge in [0.1, 0.15) is 10.8 Å². The third-order valence-corrected chi connectivity index (χ3v) is 7.11. The number of unbranched alkanes of at least 4 members (excludes halogenated alkanes) is 1. The van der Waals surface area contributed by atoms with E-state index >= 15 is 0 Å². The zero-order valence-electron chi connectivity index (χ0n) is 24.5.